The Bertz CT molecular complexity index is 133. The number of hydrogen-bond acceptors (Lipinski definition) is 3. The Balaban J connectivity index is 3.09. The number of unbranched alkanes of at least 4 members (excludes halogenated alkanes) is 3. The van der Waals surface area contributed by atoms with Gasteiger partial charge in [0.05, 0.1) is 6.10 Å². The van der Waals surface area contributed by atoms with Crippen molar-refractivity contribution in [3.8, 4) is 5.40 Å². The molecule has 0 aliphatic rings. The third-order valence-corrected chi connectivity index (χ3v) is 2.41. The van der Waals surface area contributed by atoms with Crippen molar-refractivity contribution in [2.24, 2.45) is 0 Å². The van der Waals surface area contributed by atoms with E-state index in [1.165, 1.54) is 19.3 Å². The molecule has 0 bridgehead atoms. The molecule has 0 amide bonds. The van der Waals surface area contributed by atoms with Gasteiger partial charge in [-0.15, -0.1) is 0 Å². The van der Waals surface area contributed by atoms with Crippen molar-refractivity contribution < 1.29 is 5.11 Å². The monoisotopic (exact) mass is 187 g/mol. The Morgan fingerprint density at radius 2 is 2.17 bits per heavy atom. The lowest BCUT2D eigenvalue weighted by Crippen LogP contribution is -2.08. The fraction of sp³-hybridized carbons (Fsp3) is 0.889. The molecule has 0 fully saturated rings. The van der Waals surface area contributed by atoms with E-state index in [9.17, 15) is 5.11 Å². The van der Waals surface area contributed by atoms with Crippen LogP contribution in [0.15, 0.2) is 0 Å². The zero-order chi connectivity index (χ0) is 9.23. The average Bonchev–Trinajstić information content (AvgIpc) is 2.09. The molecule has 0 rings (SSSR count). The van der Waals surface area contributed by atoms with E-state index in [1.54, 1.807) is 0 Å². The Morgan fingerprint density at radius 3 is 2.75 bits per heavy atom. The zero-order valence-electron chi connectivity index (χ0n) is 7.62. The van der Waals surface area contributed by atoms with E-state index >= 15 is 0 Å². The fourth-order valence-electron chi connectivity index (χ4n) is 1.02. The second-order valence-electron chi connectivity index (χ2n) is 2.91. The molecule has 1 N–H and O–H groups in total. The molecule has 3 heteroatoms. The van der Waals surface area contributed by atoms with E-state index in [4.69, 9.17) is 5.26 Å². The second-order valence-corrected chi connectivity index (χ2v) is 3.71. The minimum atomic E-state index is -0.286. The van der Waals surface area contributed by atoms with E-state index in [2.05, 4.69) is 6.92 Å². The van der Waals surface area contributed by atoms with Gasteiger partial charge in [0.25, 0.3) is 0 Å². The zero-order valence-corrected chi connectivity index (χ0v) is 8.44. The van der Waals surface area contributed by atoms with Gasteiger partial charge in [0.15, 0.2) is 0 Å². The largest absolute Gasteiger partial charge is 0.392 e. The fourth-order valence-corrected chi connectivity index (χ4v) is 1.46. The SMILES string of the molecule is CCCCCCC(O)CSC#N. The van der Waals surface area contributed by atoms with Crippen LogP contribution >= 0.6 is 11.8 Å². The number of thiocyanates is 1. The van der Waals surface area contributed by atoms with Crippen LogP contribution in [0.4, 0.5) is 0 Å². The summed E-state index contributed by atoms with van der Waals surface area (Å²) in [4.78, 5) is 0. The highest BCUT2D eigenvalue weighted by Crippen LogP contribution is 2.09. The molecule has 0 aromatic carbocycles. The Morgan fingerprint density at radius 1 is 1.42 bits per heavy atom. The average molecular weight is 187 g/mol. The van der Waals surface area contributed by atoms with Gasteiger partial charge in [-0.1, -0.05) is 32.6 Å². The Kier molecular flexibility index (Phi) is 8.74. The lowest BCUT2D eigenvalue weighted by Gasteiger charge is -2.06. The smallest absolute Gasteiger partial charge is 0.133 e. The standard InChI is InChI=1S/C9H17NOS/c1-2-3-4-5-6-9(11)7-12-8-10/h9,11H,2-7H2,1H3. The molecule has 1 atom stereocenters. The molecule has 0 heterocycles. The van der Waals surface area contributed by atoms with Gasteiger partial charge in [0.2, 0.25) is 0 Å². The Hall–Kier alpha value is -0.200. The van der Waals surface area contributed by atoms with E-state index in [0.717, 1.165) is 24.6 Å². The van der Waals surface area contributed by atoms with E-state index in [0.29, 0.717) is 5.75 Å². The van der Waals surface area contributed by atoms with Crippen LogP contribution < -0.4 is 0 Å². The molecule has 2 nitrogen and oxygen atoms in total. The first-order valence-corrected chi connectivity index (χ1v) is 5.48. The number of nitriles is 1. The molecular formula is C9H17NOS. The van der Waals surface area contributed by atoms with Crippen molar-refractivity contribution in [3.63, 3.8) is 0 Å². The topological polar surface area (TPSA) is 44.0 Å². The molecule has 12 heavy (non-hydrogen) atoms. The summed E-state index contributed by atoms with van der Waals surface area (Å²) in [5.74, 6) is 0.558. The molecule has 0 aliphatic carbocycles. The summed E-state index contributed by atoms with van der Waals surface area (Å²) >= 11 is 1.14. The maximum Gasteiger partial charge on any atom is 0.133 e. The van der Waals surface area contributed by atoms with Crippen molar-refractivity contribution in [3.05, 3.63) is 0 Å². The molecule has 0 saturated carbocycles. The van der Waals surface area contributed by atoms with Crippen LogP contribution in [0.25, 0.3) is 0 Å². The van der Waals surface area contributed by atoms with E-state index in [-0.39, 0.29) is 6.10 Å². The summed E-state index contributed by atoms with van der Waals surface area (Å²) in [6, 6.07) is 0. The summed E-state index contributed by atoms with van der Waals surface area (Å²) in [6.07, 6.45) is 5.31. The van der Waals surface area contributed by atoms with E-state index in [1.807, 2.05) is 5.40 Å². The highest BCUT2D eigenvalue weighted by molar-refractivity contribution is 8.03. The van der Waals surface area contributed by atoms with Gasteiger partial charge in [0, 0.05) is 5.75 Å². The van der Waals surface area contributed by atoms with Crippen LogP contribution in [0.5, 0.6) is 0 Å². The van der Waals surface area contributed by atoms with Crippen molar-refractivity contribution in [1.29, 1.82) is 5.26 Å². The lowest BCUT2D eigenvalue weighted by molar-refractivity contribution is 0.185. The number of thioether (sulfide) groups is 1. The number of aliphatic hydroxyl groups excluding tert-OH is 1. The second kappa shape index (κ2) is 8.89. The van der Waals surface area contributed by atoms with E-state index < -0.39 is 0 Å². The van der Waals surface area contributed by atoms with Crippen LogP contribution in [0.3, 0.4) is 0 Å². The minimum absolute atomic E-state index is 0.286. The molecule has 1 unspecified atom stereocenters. The minimum Gasteiger partial charge on any atom is -0.392 e. The van der Waals surface area contributed by atoms with Crippen molar-refractivity contribution >= 4 is 11.8 Å². The predicted molar refractivity (Wildman–Crippen MR) is 52.8 cm³/mol. The van der Waals surface area contributed by atoms with Crippen LogP contribution in [-0.4, -0.2) is 17.0 Å². The van der Waals surface area contributed by atoms with Gasteiger partial charge >= 0.3 is 0 Å². The first-order valence-electron chi connectivity index (χ1n) is 4.50. The number of aliphatic hydroxyl groups is 1. The molecule has 0 aliphatic heterocycles. The molecule has 0 aromatic rings. The van der Waals surface area contributed by atoms with Gasteiger partial charge in [-0.25, -0.2) is 0 Å². The van der Waals surface area contributed by atoms with Crippen molar-refractivity contribution in [2.45, 2.75) is 45.1 Å². The maximum atomic E-state index is 9.31. The van der Waals surface area contributed by atoms with Crippen molar-refractivity contribution in [1.82, 2.24) is 0 Å². The Labute approximate surface area is 79.0 Å². The highest BCUT2D eigenvalue weighted by Gasteiger charge is 2.02. The third kappa shape index (κ3) is 7.90. The quantitative estimate of drug-likeness (QED) is 0.492. The molecule has 0 radical (unpaired) electrons. The molecule has 0 aromatic heterocycles. The van der Waals surface area contributed by atoms with Gasteiger partial charge in [-0.2, -0.15) is 5.26 Å². The predicted octanol–water partition coefficient (Wildman–Crippen LogP) is 2.53. The summed E-state index contributed by atoms with van der Waals surface area (Å²) in [7, 11) is 0. The van der Waals surface area contributed by atoms with Crippen LogP contribution in [0.1, 0.15) is 39.0 Å². The summed E-state index contributed by atoms with van der Waals surface area (Å²) in [5.41, 5.74) is 0. The van der Waals surface area contributed by atoms with Crippen LogP contribution in [-0.2, 0) is 0 Å². The normalized spacial score (nSPS) is 12.4. The summed E-state index contributed by atoms with van der Waals surface area (Å²) < 4.78 is 0. The third-order valence-electron chi connectivity index (χ3n) is 1.73. The summed E-state index contributed by atoms with van der Waals surface area (Å²) in [6.45, 7) is 2.17. The highest BCUT2D eigenvalue weighted by atomic mass is 32.2. The lowest BCUT2D eigenvalue weighted by atomic mass is 10.1. The van der Waals surface area contributed by atoms with Crippen molar-refractivity contribution in [2.75, 3.05) is 5.75 Å². The first-order chi connectivity index (χ1) is 5.81. The number of rotatable bonds is 7. The van der Waals surface area contributed by atoms with Gasteiger partial charge in [0.1, 0.15) is 5.40 Å². The summed E-state index contributed by atoms with van der Waals surface area (Å²) in [5, 5.41) is 19.5. The molecule has 0 spiro atoms. The maximum absolute atomic E-state index is 9.31. The molecular weight excluding hydrogens is 170 g/mol. The molecule has 70 valence electrons. The van der Waals surface area contributed by atoms with Crippen LogP contribution in [0, 0.1) is 10.7 Å². The number of hydrogen-bond donors (Lipinski definition) is 1. The van der Waals surface area contributed by atoms with Gasteiger partial charge < -0.3 is 5.11 Å². The molecule has 0 saturated heterocycles. The van der Waals surface area contributed by atoms with Gasteiger partial charge in [-0.05, 0) is 18.2 Å². The van der Waals surface area contributed by atoms with Crippen LogP contribution in [0.2, 0.25) is 0 Å². The first kappa shape index (κ1) is 11.8. The number of nitrogens with zero attached hydrogens (tertiary/aromatic N) is 1. The van der Waals surface area contributed by atoms with Gasteiger partial charge in [-0.3, -0.25) is 0 Å².